The number of piperidine rings is 1. The van der Waals surface area contributed by atoms with E-state index in [1.165, 1.54) is 12.1 Å². The lowest BCUT2D eigenvalue weighted by Gasteiger charge is -2.34. The quantitative estimate of drug-likeness (QED) is 0.654. The normalized spacial score (nSPS) is 15.5. The summed E-state index contributed by atoms with van der Waals surface area (Å²) in [5.41, 5.74) is 6.68. The van der Waals surface area contributed by atoms with E-state index >= 15 is 0 Å². The number of fused-ring (bicyclic) bond motifs is 1. The molecule has 0 unspecified atom stereocenters. The topological polar surface area (TPSA) is 68.7 Å². The molecular weight excluding hydrogens is 397 g/mol. The summed E-state index contributed by atoms with van der Waals surface area (Å²) in [6, 6.07) is 10.6. The average molecular weight is 418 g/mol. The van der Waals surface area contributed by atoms with Crippen LogP contribution in [0.15, 0.2) is 46.9 Å². The molecule has 1 saturated heterocycles. The van der Waals surface area contributed by atoms with Gasteiger partial charge in [0.2, 0.25) is 0 Å². The number of carbonyl (C=O) groups is 1. The van der Waals surface area contributed by atoms with Gasteiger partial charge in [0.05, 0.1) is 10.9 Å². The second kappa shape index (κ2) is 7.59. The van der Waals surface area contributed by atoms with Crippen LogP contribution in [0.2, 0.25) is 0 Å². The molecule has 158 valence electrons. The molecule has 8 heteroatoms. The molecule has 0 aliphatic carbocycles. The molecule has 1 fully saturated rings. The third-order valence-electron chi connectivity index (χ3n) is 5.43. The van der Waals surface area contributed by atoms with Crippen LogP contribution >= 0.6 is 0 Å². The van der Waals surface area contributed by atoms with Crippen LogP contribution in [0, 0.1) is 6.92 Å². The van der Waals surface area contributed by atoms with Crippen molar-refractivity contribution in [3.63, 3.8) is 0 Å². The summed E-state index contributed by atoms with van der Waals surface area (Å²) >= 11 is 0. The Balaban J connectivity index is 1.45. The van der Waals surface area contributed by atoms with Crippen molar-refractivity contribution >= 4 is 22.6 Å². The van der Waals surface area contributed by atoms with E-state index in [1.54, 1.807) is 19.1 Å². The first-order valence-corrected chi connectivity index (χ1v) is 9.65. The van der Waals surface area contributed by atoms with Gasteiger partial charge in [0.1, 0.15) is 17.4 Å². The van der Waals surface area contributed by atoms with Gasteiger partial charge in [-0.3, -0.25) is 4.79 Å². The molecule has 1 amide bonds. The molecule has 1 aliphatic heterocycles. The van der Waals surface area contributed by atoms with Gasteiger partial charge in [-0.05, 0) is 43.3 Å². The third-order valence-corrected chi connectivity index (χ3v) is 5.43. The highest BCUT2D eigenvalue weighted by Gasteiger charge is 2.30. The lowest BCUT2D eigenvalue weighted by atomic mass is 10.1. The zero-order valence-corrected chi connectivity index (χ0v) is 16.3. The number of aryl methyl sites for hydroxylation is 1. The lowest BCUT2D eigenvalue weighted by Crippen LogP contribution is -2.38. The van der Waals surface area contributed by atoms with Gasteiger partial charge in [-0.15, -0.1) is 0 Å². The first-order valence-electron chi connectivity index (χ1n) is 9.65. The predicted octanol–water partition coefficient (Wildman–Crippen LogP) is 4.91. The van der Waals surface area contributed by atoms with E-state index in [1.807, 2.05) is 6.07 Å². The van der Waals surface area contributed by atoms with Crippen molar-refractivity contribution in [1.29, 1.82) is 0 Å². The summed E-state index contributed by atoms with van der Waals surface area (Å²) < 4.78 is 50.0. The summed E-state index contributed by atoms with van der Waals surface area (Å²) in [5.74, 6) is 0.131. The summed E-state index contributed by atoms with van der Waals surface area (Å²) in [4.78, 5) is 13.6. The number of nitrogens with two attached hydrogens (primary N) is 1. The number of primary amides is 1. The monoisotopic (exact) mass is 418 g/mol. The standard InChI is InChI=1S/C22H21F3N2O3/c1-13-19-17(3-2-4-18(19)30-20(13)21(26)28)29-16-9-11-27(12-10-16)15-7-5-14(6-8-15)22(23,24)25/h2-8,16H,9-12H2,1H3,(H2,26,28). The minimum absolute atomic E-state index is 0.0485. The SMILES string of the molecule is Cc1c(C(N)=O)oc2cccc(OC3CCN(c4ccc(C(F)(F)F)cc4)CC3)c12. The summed E-state index contributed by atoms with van der Waals surface area (Å²) in [7, 11) is 0. The lowest BCUT2D eigenvalue weighted by molar-refractivity contribution is -0.137. The number of hydrogen-bond acceptors (Lipinski definition) is 4. The Kier molecular flexibility index (Phi) is 5.09. The molecule has 0 spiro atoms. The van der Waals surface area contributed by atoms with Crippen molar-refractivity contribution in [1.82, 2.24) is 0 Å². The molecule has 1 aromatic heterocycles. The Labute approximate surface area is 171 Å². The van der Waals surface area contributed by atoms with Gasteiger partial charge in [0, 0.05) is 37.2 Å². The van der Waals surface area contributed by atoms with Crippen LogP contribution in [0.4, 0.5) is 18.9 Å². The first-order chi connectivity index (χ1) is 14.2. The molecule has 2 heterocycles. The number of alkyl halides is 3. The minimum atomic E-state index is -4.33. The fourth-order valence-electron chi connectivity index (χ4n) is 3.87. The molecule has 2 aromatic carbocycles. The summed E-state index contributed by atoms with van der Waals surface area (Å²) in [5, 5.41) is 0.733. The zero-order valence-electron chi connectivity index (χ0n) is 16.3. The van der Waals surface area contributed by atoms with E-state index in [0.717, 1.165) is 36.0 Å². The molecule has 5 nitrogen and oxygen atoms in total. The predicted molar refractivity (Wildman–Crippen MR) is 107 cm³/mol. The molecular formula is C22H21F3N2O3. The number of ether oxygens (including phenoxy) is 1. The van der Waals surface area contributed by atoms with Gasteiger partial charge in [0.15, 0.2) is 5.76 Å². The van der Waals surface area contributed by atoms with E-state index in [4.69, 9.17) is 14.9 Å². The molecule has 30 heavy (non-hydrogen) atoms. The molecule has 4 rings (SSSR count). The van der Waals surface area contributed by atoms with Crippen LogP contribution in [0.5, 0.6) is 5.75 Å². The van der Waals surface area contributed by atoms with Crippen molar-refractivity contribution in [2.24, 2.45) is 5.73 Å². The Morgan fingerprint density at radius 1 is 1.13 bits per heavy atom. The van der Waals surface area contributed by atoms with Gasteiger partial charge < -0.3 is 19.8 Å². The van der Waals surface area contributed by atoms with Crippen molar-refractivity contribution in [3.8, 4) is 5.75 Å². The number of amides is 1. The van der Waals surface area contributed by atoms with E-state index in [2.05, 4.69) is 4.90 Å². The van der Waals surface area contributed by atoms with Crippen LogP contribution in [-0.2, 0) is 6.18 Å². The number of anilines is 1. The number of halogens is 3. The molecule has 1 aliphatic rings. The Hall–Kier alpha value is -3.16. The van der Waals surface area contributed by atoms with E-state index < -0.39 is 17.6 Å². The van der Waals surface area contributed by atoms with E-state index in [9.17, 15) is 18.0 Å². The van der Waals surface area contributed by atoms with Crippen LogP contribution in [-0.4, -0.2) is 25.1 Å². The minimum Gasteiger partial charge on any atom is -0.490 e. The van der Waals surface area contributed by atoms with Crippen LogP contribution < -0.4 is 15.4 Å². The van der Waals surface area contributed by atoms with Gasteiger partial charge in [0.25, 0.3) is 5.91 Å². The highest BCUT2D eigenvalue weighted by Crippen LogP contribution is 2.35. The first kappa shape index (κ1) is 20.1. The zero-order chi connectivity index (χ0) is 21.5. The van der Waals surface area contributed by atoms with Crippen LogP contribution in [0.1, 0.15) is 34.5 Å². The highest BCUT2D eigenvalue weighted by atomic mass is 19.4. The van der Waals surface area contributed by atoms with Gasteiger partial charge in [-0.1, -0.05) is 6.07 Å². The van der Waals surface area contributed by atoms with Crippen molar-refractivity contribution in [2.45, 2.75) is 32.0 Å². The number of nitrogens with zero attached hydrogens (tertiary/aromatic N) is 1. The molecule has 0 bridgehead atoms. The number of hydrogen-bond donors (Lipinski definition) is 1. The largest absolute Gasteiger partial charge is 0.490 e. The Bertz CT molecular complexity index is 1070. The Morgan fingerprint density at radius 2 is 1.80 bits per heavy atom. The molecule has 0 radical (unpaired) electrons. The number of carbonyl (C=O) groups excluding carboxylic acids is 1. The fraction of sp³-hybridized carbons (Fsp3) is 0.318. The van der Waals surface area contributed by atoms with Crippen molar-refractivity contribution < 1.29 is 27.1 Å². The average Bonchev–Trinajstić information content (AvgIpc) is 3.06. The Morgan fingerprint density at radius 3 is 2.40 bits per heavy atom. The molecule has 2 N–H and O–H groups in total. The fourth-order valence-corrected chi connectivity index (χ4v) is 3.87. The number of rotatable bonds is 4. The van der Waals surface area contributed by atoms with Crippen molar-refractivity contribution in [3.05, 3.63) is 59.4 Å². The summed E-state index contributed by atoms with van der Waals surface area (Å²) in [6.45, 7) is 3.11. The smallest absolute Gasteiger partial charge is 0.416 e. The maximum atomic E-state index is 12.7. The molecule has 0 saturated carbocycles. The van der Waals surface area contributed by atoms with Gasteiger partial charge >= 0.3 is 6.18 Å². The highest BCUT2D eigenvalue weighted by molar-refractivity contribution is 6.00. The third kappa shape index (κ3) is 3.81. The summed E-state index contributed by atoms with van der Waals surface area (Å²) in [6.07, 6.45) is -2.94. The van der Waals surface area contributed by atoms with E-state index in [0.29, 0.717) is 30.0 Å². The second-order valence-corrected chi connectivity index (χ2v) is 7.40. The van der Waals surface area contributed by atoms with Crippen molar-refractivity contribution in [2.75, 3.05) is 18.0 Å². The molecule has 3 aromatic rings. The van der Waals surface area contributed by atoms with Gasteiger partial charge in [-0.2, -0.15) is 13.2 Å². The maximum Gasteiger partial charge on any atom is 0.416 e. The number of furan rings is 1. The van der Waals surface area contributed by atoms with Crippen LogP contribution in [0.3, 0.4) is 0 Å². The maximum absolute atomic E-state index is 12.7. The number of benzene rings is 2. The van der Waals surface area contributed by atoms with E-state index in [-0.39, 0.29) is 11.9 Å². The van der Waals surface area contributed by atoms with Gasteiger partial charge in [-0.25, -0.2) is 0 Å². The molecule has 0 atom stereocenters. The van der Waals surface area contributed by atoms with Crippen LogP contribution in [0.25, 0.3) is 11.0 Å². The second-order valence-electron chi connectivity index (χ2n) is 7.40.